The van der Waals surface area contributed by atoms with E-state index in [9.17, 15) is 31.5 Å². The Balaban J connectivity index is 1.94. The smallest absolute Gasteiger partial charge is 0.414 e. The third kappa shape index (κ3) is 4.64. The lowest BCUT2D eigenvalue weighted by atomic mass is 9.89. The molecule has 0 spiro atoms. The highest BCUT2D eigenvalue weighted by Crippen LogP contribution is 2.45. The number of aromatic nitrogens is 1. The van der Waals surface area contributed by atoms with Crippen LogP contribution in [0.2, 0.25) is 0 Å². The van der Waals surface area contributed by atoms with Crippen LogP contribution in [-0.4, -0.2) is 49.5 Å². The minimum absolute atomic E-state index is 0.0421. The fraction of sp³-hybridized carbons (Fsp3) is 0.350. The summed E-state index contributed by atoms with van der Waals surface area (Å²) >= 11 is 0. The summed E-state index contributed by atoms with van der Waals surface area (Å²) in [5.41, 5.74) is -0.256. The van der Waals surface area contributed by atoms with Crippen molar-refractivity contribution in [2.75, 3.05) is 19.5 Å². The van der Waals surface area contributed by atoms with Gasteiger partial charge in [-0.25, -0.2) is 14.2 Å². The van der Waals surface area contributed by atoms with Crippen LogP contribution in [0.15, 0.2) is 30.5 Å². The molecule has 12 heteroatoms. The number of hydrogen-bond donors (Lipinski definition) is 1. The first kappa shape index (κ1) is 23.4. The van der Waals surface area contributed by atoms with E-state index in [4.69, 9.17) is 9.47 Å². The van der Waals surface area contributed by atoms with E-state index in [1.54, 1.807) is 0 Å². The van der Waals surface area contributed by atoms with Gasteiger partial charge in [-0.2, -0.15) is 17.6 Å². The van der Waals surface area contributed by atoms with Crippen molar-refractivity contribution >= 4 is 17.6 Å². The molecule has 2 aromatic rings. The number of alkyl halides is 3. The van der Waals surface area contributed by atoms with Gasteiger partial charge in [0.1, 0.15) is 11.8 Å². The Morgan fingerprint density at radius 3 is 2.53 bits per heavy atom. The van der Waals surface area contributed by atoms with E-state index in [1.807, 2.05) is 0 Å². The van der Waals surface area contributed by atoms with Crippen molar-refractivity contribution in [3.8, 4) is 5.75 Å². The van der Waals surface area contributed by atoms with Crippen LogP contribution >= 0.6 is 0 Å². The lowest BCUT2D eigenvalue weighted by Crippen LogP contribution is -2.34. The second-order valence-corrected chi connectivity index (χ2v) is 6.82. The molecule has 7 nitrogen and oxygen atoms in total. The minimum atomic E-state index is -4.80. The van der Waals surface area contributed by atoms with Crippen LogP contribution in [0.25, 0.3) is 0 Å². The van der Waals surface area contributed by atoms with E-state index >= 15 is 0 Å². The van der Waals surface area contributed by atoms with Crippen molar-refractivity contribution in [3.63, 3.8) is 0 Å². The summed E-state index contributed by atoms with van der Waals surface area (Å²) in [7, 11) is 2.15. The number of nitrogens with one attached hydrogen (secondary N) is 1. The van der Waals surface area contributed by atoms with Crippen LogP contribution in [-0.2, 0) is 14.3 Å². The summed E-state index contributed by atoms with van der Waals surface area (Å²) in [4.78, 5) is 28.2. The number of benzene rings is 1. The number of rotatable bonds is 5. The lowest BCUT2D eigenvalue weighted by molar-refractivity contribution is -0.213. The fourth-order valence-electron chi connectivity index (χ4n) is 3.41. The summed E-state index contributed by atoms with van der Waals surface area (Å²) in [6.07, 6.45) is -8.36. The highest BCUT2D eigenvalue weighted by molar-refractivity contribution is 5.96. The normalized spacial score (nSPS) is 20.7. The molecule has 32 heavy (non-hydrogen) atoms. The molecule has 3 unspecified atom stereocenters. The molecule has 0 aliphatic carbocycles. The monoisotopic (exact) mass is 460 g/mol. The number of methoxy groups -OCH3 is 2. The number of hydrogen-bond acceptors (Lipinski definition) is 6. The number of halogens is 5. The van der Waals surface area contributed by atoms with Crippen LogP contribution in [0.5, 0.6) is 5.75 Å². The third-order valence-electron chi connectivity index (χ3n) is 4.87. The zero-order valence-electron chi connectivity index (χ0n) is 16.7. The van der Waals surface area contributed by atoms with Gasteiger partial charge in [-0.15, -0.1) is 0 Å². The molecule has 0 radical (unpaired) electrons. The summed E-state index contributed by atoms with van der Waals surface area (Å²) in [5.74, 6) is -6.35. The Morgan fingerprint density at radius 1 is 1.19 bits per heavy atom. The highest BCUT2D eigenvalue weighted by Gasteiger charge is 2.52. The Labute approximate surface area is 178 Å². The van der Waals surface area contributed by atoms with Gasteiger partial charge in [0.05, 0.1) is 14.2 Å². The Morgan fingerprint density at radius 2 is 1.91 bits per heavy atom. The largest absolute Gasteiger partial charge is 0.493 e. The van der Waals surface area contributed by atoms with Gasteiger partial charge >= 0.3 is 12.1 Å². The van der Waals surface area contributed by atoms with Gasteiger partial charge < -0.3 is 19.5 Å². The van der Waals surface area contributed by atoms with Crippen LogP contribution in [0, 0.1) is 11.6 Å². The third-order valence-corrected chi connectivity index (χ3v) is 4.87. The molecule has 2 heterocycles. The van der Waals surface area contributed by atoms with Gasteiger partial charge in [0.25, 0.3) is 5.91 Å². The van der Waals surface area contributed by atoms with Crippen molar-refractivity contribution in [1.29, 1.82) is 0 Å². The first-order valence-corrected chi connectivity index (χ1v) is 9.16. The SMILES string of the molecule is COC(=O)c1cc(NC(=O)C2OC(C(F)(F)F)CC2c2ccc(F)c(F)c2OC)ccn1. The van der Waals surface area contributed by atoms with Gasteiger partial charge in [-0.1, -0.05) is 6.07 Å². The molecule has 1 fully saturated rings. The van der Waals surface area contributed by atoms with Crippen molar-refractivity contribution < 1.29 is 45.8 Å². The predicted octanol–water partition coefficient (Wildman–Crippen LogP) is 3.60. The van der Waals surface area contributed by atoms with Gasteiger partial charge in [-0.05, 0) is 24.6 Å². The van der Waals surface area contributed by atoms with E-state index in [1.165, 1.54) is 12.3 Å². The van der Waals surface area contributed by atoms with E-state index in [0.717, 1.165) is 32.4 Å². The van der Waals surface area contributed by atoms with E-state index < -0.39 is 60.0 Å². The van der Waals surface area contributed by atoms with E-state index in [0.29, 0.717) is 0 Å². The van der Waals surface area contributed by atoms with Gasteiger partial charge in [-0.3, -0.25) is 4.79 Å². The Hall–Kier alpha value is -3.28. The molecule has 1 saturated heterocycles. The number of anilines is 1. The molecule has 172 valence electrons. The standard InChI is InChI=1S/C20H17F5N2O5/c1-30-16-10(3-4-12(21)15(16)22)11-8-14(20(23,24)25)32-17(11)18(28)27-9-5-6-26-13(7-9)19(29)31-2/h3-7,11,14,17H,8H2,1-2H3,(H,26,27,28). The number of ether oxygens (including phenoxy) is 3. The van der Waals surface area contributed by atoms with Crippen LogP contribution in [0.1, 0.15) is 28.4 Å². The van der Waals surface area contributed by atoms with Crippen LogP contribution < -0.4 is 10.1 Å². The zero-order valence-corrected chi connectivity index (χ0v) is 16.7. The predicted molar refractivity (Wildman–Crippen MR) is 99.2 cm³/mol. The molecular formula is C20H17F5N2O5. The first-order valence-electron chi connectivity index (χ1n) is 9.16. The van der Waals surface area contributed by atoms with E-state index in [2.05, 4.69) is 15.0 Å². The van der Waals surface area contributed by atoms with Crippen molar-refractivity contribution in [2.45, 2.75) is 30.7 Å². The number of pyridine rings is 1. The average Bonchev–Trinajstić information content (AvgIpc) is 3.21. The second kappa shape index (κ2) is 9.07. The number of carbonyl (C=O) groups excluding carboxylic acids is 2. The summed E-state index contributed by atoms with van der Waals surface area (Å²) in [5, 5.41) is 2.35. The van der Waals surface area contributed by atoms with Crippen molar-refractivity contribution in [3.05, 3.63) is 53.4 Å². The maximum absolute atomic E-state index is 14.2. The molecule has 1 aliphatic rings. The lowest BCUT2D eigenvalue weighted by Gasteiger charge is -2.21. The highest BCUT2D eigenvalue weighted by atomic mass is 19.4. The van der Waals surface area contributed by atoms with Gasteiger partial charge in [0.2, 0.25) is 5.82 Å². The number of nitrogens with zero attached hydrogens (tertiary/aromatic N) is 1. The molecule has 0 saturated carbocycles. The quantitative estimate of drug-likeness (QED) is 0.542. The molecule has 0 bridgehead atoms. The molecule has 3 atom stereocenters. The van der Waals surface area contributed by atoms with Crippen molar-refractivity contribution in [2.24, 2.45) is 0 Å². The number of carbonyl (C=O) groups is 2. The summed E-state index contributed by atoms with van der Waals surface area (Å²) < 4.78 is 82.1. The summed E-state index contributed by atoms with van der Waals surface area (Å²) in [6.45, 7) is 0. The average molecular weight is 460 g/mol. The first-order chi connectivity index (χ1) is 15.1. The Kier molecular flexibility index (Phi) is 6.63. The topological polar surface area (TPSA) is 86.8 Å². The molecule has 1 aromatic heterocycles. The van der Waals surface area contributed by atoms with Crippen LogP contribution in [0.4, 0.5) is 27.6 Å². The maximum atomic E-state index is 14.2. The fourth-order valence-corrected chi connectivity index (χ4v) is 3.41. The zero-order chi connectivity index (χ0) is 23.6. The molecule has 1 aromatic carbocycles. The molecule has 1 N–H and O–H groups in total. The van der Waals surface area contributed by atoms with Crippen molar-refractivity contribution in [1.82, 2.24) is 4.98 Å². The minimum Gasteiger partial charge on any atom is -0.493 e. The summed E-state index contributed by atoms with van der Waals surface area (Å²) in [6, 6.07) is 4.24. The van der Waals surface area contributed by atoms with E-state index in [-0.39, 0.29) is 16.9 Å². The molecule has 3 rings (SSSR count). The molecular weight excluding hydrogens is 443 g/mol. The number of esters is 1. The number of amides is 1. The van der Waals surface area contributed by atoms with Crippen LogP contribution in [0.3, 0.4) is 0 Å². The maximum Gasteiger partial charge on any atom is 0.414 e. The Bertz CT molecular complexity index is 1030. The second-order valence-electron chi connectivity index (χ2n) is 6.82. The molecule has 1 aliphatic heterocycles. The van der Waals surface area contributed by atoms with Gasteiger partial charge in [0.15, 0.2) is 17.7 Å². The van der Waals surface area contributed by atoms with Gasteiger partial charge in [0, 0.05) is 23.4 Å². The molecule has 1 amide bonds.